The maximum Gasteiger partial charge on any atom is 0.410 e. The number of morpholine rings is 1. The largest absolute Gasteiger partial charge is 0.493 e. The van der Waals surface area contributed by atoms with E-state index in [0.29, 0.717) is 50.8 Å². The summed E-state index contributed by atoms with van der Waals surface area (Å²) in [5.74, 6) is 0.663. The van der Waals surface area contributed by atoms with Crippen LogP contribution in [0.4, 0.5) is 4.79 Å². The van der Waals surface area contributed by atoms with Crippen LogP contribution in [0.5, 0.6) is 5.75 Å². The molecule has 0 N–H and O–H groups in total. The predicted molar refractivity (Wildman–Crippen MR) is 138 cm³/mol. The molecule has 2 aromatic carbocycles. The fraction of sp³-hybridized carbons (Fsp3) is 0.571. The Labute approximate surface area is 213 Å². The van der Waals surface area contributed by atoms with Crippen LogP contribution in [0.25, 0.3) is 10.8 Å². The van der Waals surface area contributed by atoms with Crippen LogP contribution < -0.4 is 4.74 Å². The smallest absolute Gasteiger partial charge is 0.410 e. The Morgan fingerprint density at radius 1 is 1.14 bits per heavy atom. The molecule has 0 bridgehead atoms. The van der Waals surface area contributed by atoms with Crippen LogP contribution in [-0.2, 0) is 14.2 Å². The number of carbonyl (C=O) groups is 2. The maximum absolute atomic E-state index is 13.8. The van der Waals surface area contributed by atoms with Crippen LogP contribution in [0.1, 0.15) is 50.4 Å². The van der Waals surface area contributed by atoms with E-state index in [1.165, 1.54) is 0 Å². The van der Waals surface area contributed by atoms with Gasteiger partial charge in [0.2, 0.25) is 0 Å². The van der Waals surface area contributed by atoms with E-state index in [4.69, 9.17) is 18.9 Å². The summed E-state index contributed by atoms with van der Waals surface area (Å²) in [5, 5.41) is 1.94. The first-order chi connectivity index (χ1) is 17.2. The SMILES string of the molecule is COCCCOc1cc(C(=O)N(CC2CN(C(=O)OC(C)(C)C)CCO2)C2CC2)cc2ccccc12. The highest BCUT2D eigenvalue weighted by Gasteiger charge is 2.37. The van der Waals surface area contributed by atoms with Crippen LogP contribution in [-0.4, -0.2) is 86.1 Å². The molecule has 0 aromatic heterocycles. The predicted octanol–water partition coefficient (Wildman–Crippen LogP) is 4.50. The molecule has 1 saturated heterocycles. The summed E-state index contributed by atoms with van der Waals surface area (Å²) in [4.78, 5) is 29.9. The quantitative estimate of drug-likeness (QED) is 0.474. The first-order valence-corrected chi connectivity index (χ1v) is 12.8. The highest BCUT2D eigenvalue weighted by Crippen LogP contribution is 2.32. The molecule has 1 aliphatic heterocycles. The lowest BCUT2D eigenvalue weighted by atomic mass is 10.0. The molecular weight excluding hydrogens is 460 g/mol. The van der Waals surface area contributed by atoms with Gasteiger partial charge in [0, 0.05) is 50.2 Å². The third kappa shape index (κ3) is 6.89. The number of benzene rings is 2. The number of rotatable bonds is 9. The number of nitrogens with zero attached hydrogens (tertiary/aromatic N) is 2. The van der Waals surface area contributed by atoms with Gasteiger partial charge in [0.05, 0.1) is 25.9 Å². The fourth-order valence-electron chi connectivity index (χ4n) is 4.40. The third-order valence-electron chi connectivity index (χ3n) is 6.26. The van der Waals surface area contributed by atoms with E-state index in [2.05, 4.69) is 0 Å². The standard InChI is InChI=1S/C28H38N2O6/c1-28(2,3)36-27(32)29-12-15-34-23(18-29)19-30(22-10-11-22)26(31)21-16-20-8-5-6-9-24(20)25(17-21)35-14-7-13-33-4/h5-6,8-9,16-17,22-23H,7,10-15,18-19H2,1-4H3. The van der Waals surface area contributed by atoms with Gasteiger partial charge in [-0.1, -0.05) is 24.3 Å². The van der Waals surface area contributed by atoms with E-state index >= 15 is 0 Å². The average molecular weight is 499 g/mol. The van der Waals surface area contributed by atoms with Crippen molar-refractivity contribution in [3.63, 3.8) is 0 Å². The first kappa shape index (κ1) is 26.2. The molecule has 36 heavy (non-hydrogen) atoms. The lowest BCUT2D eigenvalue weighted by Crippen LogP contribution is -2.52. The van der Waals surface area contributed by atoms with Gasteiger partial charge in [0.15, 0.2) is 0 Å². The Morgan fingerprint density at radius 2 is 1.92 bits per heavy atom. The minimum absolute atomic E-state index is 0.0389. The Morgan fingerprint density at radius 3 is 2.64 bits per heavy atom. The van der Waals surface area contributed by atoms with Gasteiger partial charge in [-0.3, -0.25) is 4.79 Å². The molecule has 8 heteroatoms. The molecule has 1 aliphatic carbocycles. The number of hydrogen-bond acceptors (Lipinski definition) is 6. The third-order valence-corrected chi connectivity index (χ3v) is 6.26. The summed E-state index contributed by atoms with van der Waals surface area (Å²) in [6, 6.07) is 11.9. The van der Waals surface area contributed by atoms with Crippen molar-refractivity contribution in [3.05, 3.63) is 42.0 Å². The second-order valence-electron chi connectivity index (χ2n) is 10.5. The lowest BCUT2D eigenvalue weighted by Gasteiger charge is -2.36. The van der Waals surface area contributed by atoms with Crippen LogP contribution in [0.3, 0.4) is 0 Å². The van der Waals surface area contributed by atoms with Gasteiger partial charge in [-0.15, -0.1) is 0 Å². The van der Waals surface area contributed by atoms with E-state index in [9.17, 15) is 9.59 Å². The second kappa shape index (κ2) is 11.5. The van der Waals surface area contributed by atoms with Gasteiger partial charge < -0.3 is 28.7 Å². The molecule has 0 spiro atoms. The maximum atomic E-state index is 13.8. The van der Waals surface area contributed by atoms with Gasteiger partial charge in [-0.2, -0.15) is 0 Å². The summed E-state index contributed by atoms with van der Waals surface area (Å²) < 4.78 is 22.7. The van der Waals surface area contributed by atoms with Crippen molar-refractivity contribution < 1.29 is 28.5 Å². The van der Waals surface area contributed by atoms with Crippen molar-refractivity contribution >= 4 is 22.8 Å². The minimum atomic E-state index is -0.555. The van der Waals surface area contributed by atoms with Crippen LogP contribution in [0.15, 0.2) is 36.4 Å². The van der Waals surface area contributed by atoms with Crippen LogP contribution in [0.2, 0.25) is 0 Å². The second-order valence-corrected chi connectivity index (χ2v) is 10.5. The monoisotopic (exact) mass is 498 g/mol. The van der Waals surface area contributed by atoms with E-state index in [-0.39, 0.29) is 24.1 Å². The first-order valence-electron chi connectivity index (χ1n) is 12.8. The van der Waals surface area contributed by atoms with Gasteiger partial charge in [-0.05, 0) is 51.1 Å². The number of fused-ring (bicyclic) bond motifs is 1. The van der Waals surface area contributed by atoms with Crippen molar-refractivity contribution in [2.75, 3.05) is 46.6 Å². The molecule has 8 nitrogen and oxygen atoms in total. The zero-order chi connectivity index (χ0) is 25.7. The summed E-state index contributed by atoms with van der Waals surface area (Å²) in [6.45, 7) is 8.44. The number of methoxy groups -OCH3 is 1. The van der Waals surface area contributed by atoms with Gasteiger partial charge in [0.1, 0.15) is 11.4 Å². The molecular formula is C28H38N2O6. The number of carbonyl (C=O) groups excluding carboxylic acids is 2. The summed E-state index contributed by atoms with van der Waals surface area (Å²) in [6.07, 6.45) is 2.11. The van der Waals surface area contributed by atoms with Crippen molar-refractivity contribution in [1.82, 2.24) is 9.80 Å². The summed E-state index contributed by atoms with van der Waals surface area (Å²) in [5.41, 5.74) is 0.0440. The van der Waals surface area contributed by atoms with Gasteiger partial charge in [-0.25, -0.2) is 4.79 Å². The molecule has 1 heterocycles. The summed E-state index contributed by atoms with van der Waals surface area (Å²) in [7, 11) is 1.67. The average Bonchev–Trinajstić information content (AvgIpc) is 3.69. The van der Waals surface area contributed by atoms with E-state index in [1.807, 2.05) is 62.1 Å². The van der Waals surface area contributed by atoms with Crippen molar-refractivity contribution in [2.45, 2.75) is 57.8 Å². The molecule has 0 radical (unpaired) electrons. The zero-order valence-corrected chi connectivity index (χ0v) is 21.8. The van der Waals surface area contributed by atoms with E-state index in [1.54, 1.807) is 12.0 Å². The topological polar surface area (TPSA) is 77.5 Å². The zero-order valence-electron chi connectivity index (χ0n) is 21.8. The van der Waals surface area contributed by atoms with E-state index in [0.717, 1.165) is 30.0 Å². The molecule has 4 rings (SSSR count). The van der Waals surface area contributed by atoms with Crippen molar-refractivity contribution in [2.24, 2.45) is 0 Å². The Bertz CT molecular complexity index is 1060. The molecule has 1 saturated carbocycles. The Hall–Kier alpha value is -2.84. The summed E-state index contributed by atoms with van der Waals surface area (Å²) >= 11 is 0. The molecule has 2 aliphatic rings. The number of hydrogen-bond donors (Lipinski definition) is 0. The molecule has 2 amide bonds. The van der Waals surface area contributed by atoms with Crippen LogP contribution >= 0.6 is 0 Å². The molecule has 1 atom stereocenters. The number of amides is 2. The molecule has 196 valence electrons. The fourth-order valence-corrected chi connectivity index (χ4v) is 4.40. The minimum Gasteiger partial charge on any atom is -0.493 e. The molecule has 1 unspecified atom stereocenters. The van der Waals surface area contributed by atoms with Gasteiger partial charge >= 0.3 is 6.09 Å². The molecule has 2 aromatic rings. The van der Waals surface area contributed by atoms with Crippen LogP contribution in [0, 0.1) is 0 Å². The lowest BCUT2D eigenvalue weighted by molar-refractivity contribution is -0.0504. The molecule has 2 fully saturated rings. The van der Waals surface area contributed by atoms with Gasteiger partial charge in [0.25, 0.3) is 5.91 Å². The van der Waals surface area contributed by atoms with Crippen molar-refractivity contribution in [3.8, 4) is 5.75 Å². The Kier molecular flexibility index (Phi) is 8.36. The number of ether oxygens (including phenoxy) is 4. The normalized spacial score (nSPS) is 18.2. The highest BCUT2D eigenvalue weighted by atomic mass is 16.6. The highest BCUT2D eigenvalue weighted by molar-refractivity contribution is 6.01. The Balaban J connectivity index is 1.49. The van der Waals surface area contributed by atoms with E-state index < -0.39 is 5.60 Å². The van der Waals surface area contributed by atoms with Crippen molar-refractivity contribution in [1.29, 1.82) is 0 Å².